The molecule has 2 rings (SSSR count). The van der Waals surface area contributed by atoms with Crippen molar-refractivity contribution in [1.29, 1.82) is 0 Å². The van der Waals surface area contributed by atoms with Gasteiger partial charge < -0.3 is 25.4 Å². The van der Waals surface area contributed by atoms with Gasteiger partial charge in [0.15, 0.2) is 17.5 Å². The number of amides is 1. The molecular formula is C23H32N4O3. The molecule has 0 radical (unpaired) electrons. The van der Waals surface area contributed by atoms with Gasteiger partial charge in [-0.3, -0.25) is 9.79 Å². The van der Waals surface area contributed by atoms with E-state index >= 15 is 0 Å². The predicted molar refractivity (Wildman–Crippen MR) is 121 cm³/mol. The molecule has 0 aromatic heterocycles. The van der Waals surface area contributed by atoms with Crippen LogP contribution in [0.1, 0.15) is 32.3 Å². The van der Waals surface area contributed by atoms with Gasteiger partial charge in [-0.15, -0.1) is 0 Å². The van der Waals surface area contributed by atoms with Crippen LogP contribution in [0.5, 0.6) is 11.5 Å². The maximum atomic E-state index is 11.8. The van der Waals surface area contributed by atoms with Gasteiger partial charge in [-0.25, -0.2) is 0 Å². The maximum absolute atomic E-state index is 11.8. The zero-order chi connectivity index (χ0) is 21.8. The van der Waals surface area contributed by atoms with Crippen molar-refractivity contribution in [2.75, 3.05) is 26.0 Å². The number of hydrogen-bond donors (Lipinski definition) is 3. The monoisotopic (exact) mass is 412 g/mol. The average molecular weight is 413 g/mol. The Labute approximate surface area is 178 Å². The Morgan fingerprint density at radius 3 is 2.57 bits per heavy atom. The first-order chi connectivity index (χ1) is 14.5. The Morgan fingerprint density at radius 2 is 1.87 bits per heavy atom. The lowest BCUT2D eigenvalue weighted by molar-refractivity contribution is -0.116. The molecule has 162 valence electrons. The second-order valence-electron chi connectivity index (χ2n) is 6.88. The molecule has 0 heterocycles. The van der Waals surface area contributed by atoms with Gasteiger partial charge in [0.2, 0.25) is 5.91 Å². The Bertz CT molecular complexity index is 839. The summed E-state index contributed by atoms with van der Waals surface area (Å²) in [5.74, 6) is 2.12. The van der Waals surface area contributed by atoms with Crippen molar-refractivity contribution in [2.24, 2.45) is 4.99 Å². The summed E-state index contributed by atoms with van der Waals surface area (Å²) in [6.07, 6.45) is 1.26. The van der Waals surface area contributed by atoms with Gasteiger partial charge in [-0.05, 0) is 43.2 Å². The molecule has 2 aromatic carbocycles. The highest BCUT2D eigenvalue weighted by molar-refractivity contribution is 5.90. The Morgan fingerprint density at radius 1 is 1.10 bits per heavy atom. The van der Waals surface area contributed by atoms with Gasteiger partial charge in [-0.2, -0.15) is 0 Å². The topological polar surface area (TPSA) is 84.0 Å². The van der Waals surface area contributed by atoms with E-state index in [4.69, 9.17) is 9.47 Å². The number of nitrogens with one attached hydrogen (secondary N) is 3. The number of hydrogen-bond acceptors (Lipinski definition) is 4. The third-order valence-electron chi connectivity index (χ3n) is 4.33. The summed E-state index contributed by atoms with van der Waals surface area (Å²) in [6.45, 7) is 5.12. The summed E-state index contributed by atoms with van der Waals surface area (Å²) < 4.78 is 11.3. The van der Waals surface area contributed by atoms with Gasteiger partial charge in [0.1, 0.15) is 6.10 Å². The molecule has 7 heteroatoms. The molecule has 2 aromatic rings. The number of benzene rings is 2. The van der Waals surface area contributed by atoms with Crippen molar-refractivity contribution >= 4 is 17.6 Å². The van der Waals surface area contributed by atoms with Crippen LogP contribution in [0.25, 0.3) is 0 Å². The predicted octanol–water partition coefficient (Wildman–Crippen LogP) is 3.57. The zero-order valence-corrected chi connectivity index (χ0v) is 18.2. The molecule has 3 N–H and O–H groups in total. The molecule has 0 aliphatic rings. The second kappa shape index (κ2) is 12.4. The van der Waals surface area contributed by atoms with Crippen LogP contribution in [0.3, 0.4) is 0 Å². The number of guanidine groups is 1. The van der Waals surface area contributed by atoms with Crippen molar-refractivity contribution in [2.45, 2.75) is 39.3 Å². The molecule has 0 aliphatic heterocycles. The molecule has 0 saturated carbocycles. The van der Waals surface area contributed by atoms with Crippen molar-refractivity contribution in [3.63, 3.8) is 0 Å². The van der Waals surface area contributed by atoms with E-state index < -0.39 is 0 Å². The highest BCUT2D eigenvalue weighted by Crippen LogP contribution is 2.26. The quantitative estimate of drug-likeness (QED) is 0.410. The van der Waals surface area contributed by atoms with Crippen LogP contribution < -0.4 is 25.4 Å². The van der Waals surface area contributed by atoms with Gasteiger partial charge >= 0.3 is 0 Å². The number of aliphatic imine (C=N–C) groups is 1. The van der Waals surface area contributed by atoms with Gasteiger partial charge in [0, 0.05) is 25.7 Å². The third kappa shape index (κ3) is 7.66. The third-order valence-corrected chi connectivity index (χ3v) is 4.33. The number of carbonyl (C=O) groups is 1. The molecule has 1 atom stereocenters. The number of methoxy groups -OCH3 is 1. The SMILES string of the molecule is CCCC(=O)Nc1cccc(CNC(=NC)NCC(C)Oc2ccccc2OC)c1. The van der Waals surface area contributed by atoms with E-state index in [1.165, 1.54) is 0 Å². The lowest BCUT2D eigenvalue weighted by Crippen LogP contribution is -2.41. The summed E-state index contributed by atoms with van der Waals surface area (Å²) in [7, 11) is 3.35. The standard InChI is InChI=1S/C23H32N4O3/c1-5-9-22(28)27-19-11-8-10-18(14-19)16-26-23(24-3)25-15-17(2)30-21-13-7-6-12-20(21)29-4/h6-8,10-14,17H,5,9,15-16H2,1-4H3,(H,27,28)(H2,24,25,26). The average Bonchev–Trinajstić information content (AvgIpc) is 2.74. The minimum absolute atomic E-state index is 0.0316. The molecule has 0 fully saturated rings. The largest absolute Gasteiger partial charge is 0.493 e. The van der Waals surface area contributed by atoms with Crippen molar-refractivity contribution in [1.82, 2.24) is 10.6 Å². The van der Waals surface area contributed by atoms with E-state index in [0.717, 1.165) is 17.7 Å². The molecule has 0 saturated heterocycles. The highest BCUT2D eigenvalue weighted by atomic mass is 16.5. The van der Waals surface area contributed by atoms with Crippen molar-refractivity contribution in [3.05, 3.63) is 54.1 Å². The fourth-order valence-electron chi connectivity index (χ4n) is 2.83. The molecule has 1 amide bonds. The highest BCUT2D eigenvalue weighted by Gasteiger charge is 2.09. The summed E-state index contributed by atoms with van der Waals surface area (Å²) in [4.78, 5) is 16.0. The van der Waals surface area contributed by atoms with Gasteiger partial charge in [0.05, 0.1) is 13.7 Å². The smallest absolute Gasteiger partial charge is 0.224 e. The normalized spacial score (nSPS) is 12.1. The van der Waals surface area contributed by atoms with Crippen LogP contribution in [0.4, 0.5) is 5.69 Å². The van der Waals surface area contributed by atoms with E-state index in [1.54, 1.807) is 14.2 Å². The van der Waals surface area contributed by atoms with Crippen LogP contribution >= 0.6 is 0 Å². The number of anilines is 1. The molecule has 7 nitrogen and oxygen atoms in total. The van der Waals surface area contributed by atoms with E-state index in [9.17, 15) is 4.79 Å². The van der Waals surface area contributed by atoms with Crippen molar-refractivity contribution < 1.29 is 14.3 Å². The summed E-state index contributed by atoms with van der Waals surface area (Å²) in [5.41, 5.74) is 1.85. The van der Waals surface area contributed by atoms with E-state index in [2.05, 4.69) is 20.9 Å². The van der Waals surface area contributed by atoms with Gasteiger partial charge in [0.25, 0.3) is 0 Å². The Hall–Kier alpha value is -3.22. The van der Waals surface area contributed by atoms with E-state index in [1.807, 2.05) is 62.4 Å². The van der Waals surface area contributed by atoms with E-state index in [0.29, 0.717) is 37.0 Å². The summed E-state index contributed by atoms with van der Waals surface area (Å²) in [6, 6.07) is 15.4. The molecule has 30 heavy (non-hydrogen) atoms. The second-order valence-corrected chi connectivity index (χ2v) is 6.88. The van der Waals surface area contributed by atoms with Crippen LogP contribution in [0.15, 0.2) is 53.5 Å². The zero-order valence-electron chi connectivity index (χ0n) is 18.2. The number of nitrogens with zero attached hydrogens (tertiary/aromatic N) is 1. The molecular weight excluding hydrogens is 380 g/mol. The molecule has 0 bridgehead atoms. The minimum atomic E-state index is -0.0862. The first-order valence-electron chi connectivity index (χ1n) is 10.2. The van der Waals surface area contributed by atoms with Crippen LogP contribution in [0.2, 0.25) is 0 Å². The number of carbonyl (C=O) groups excluding carboxylic acids is 1. The summed E-state index contributed by atoms with van der Waals surface area (Å²) in [5, 5.41) is 9.46. The number of ether oxygens (including phenoxy) is 2. The fourth-order valence-corrected chi connectivity index (χ4v) is 2.83. The lowest BCUT2D eigenvalue weighted by Gasteiger charge is -2.19. The Kier molecular flexibility index (Phi) is 9.51. The first kappa shape index (κ1) is 23.1. The maximum Gasteiger partial charge on any atom is 0.224 e. The van der Waals surface area contributed by atoms with Crippen LogP contribution in [-0.2, 0) is 11.3 Å². The van der Waals surface area contributed by atoms with Gasteiger partial charge in [-0.1, -0.05) is 31.2 Å². The van der Waals surface area contributed by atoms with Crippen LogP contribution in [-0.4, -0.2) is 38.7 Å². The Balaban J connectivity index is 1.82. The minimum Gasteiger partial charge on any atom is -0.493 e. The first-order valence-corrected chi connectivity index (χ1v) is 10.2. The lowest BCUT2D eigenvalue weighted by atomic mass is 10.2. The molecule has 0 aliphatic carbocycles. The van der Waals surface area contributed by atoms with Crippen molar-refractivity contribution in [3.8, 4) is 11.5 Å². The number of para-hydroxylation sites is 2. The van der Waals surface area contributed by atoms with Crippen LogP contribution in [0, 0.1) is 0 Å². The summed E-state index contributed by atoms with van der Waals surface area (Å²) >= 11 is 0. The molecule has 1 unspecified atom stereocenters. The van der Waals surface area contributed by atoms with E-state index in [-0.39, 0.29) is 12.0 Å². The number of rotatable bonds is 10. The fraction of sp³-hybridized carbons (Fsp3) is 0.391. The molecule has 0 spiro atoms.